The van der Waals surface area contributed by atoms with Crippen molar-refractivity contribution in [1.29, 1.82) is 0 Å². The predicted molar refractivity (Wildman–Crippen MR) is 119 cm³/mol. The van der Waals surface area contributed by atoms with Crippen molar-refractivity contribution >= 4 is 34.1 Å². The number of hydrogen-bond acceptors (Lipinski definition) is 7. The molecule has 2 saturated heterocycles. The maximum atomic E-state index is 12.9. The fourth-order valence-corrected chi connectivity index (χ4v) is 4.86. The Hall–Kier alpha value is -2.27. The number of thiophene rings is 1. The molecular formula is C21H24BN3O5S. The topological polar surface area (TPSA) is 84.6 Å². The van der Waals surface area contributed by atoms with Crippen LogP contribution in [-0.2, 0) is 20.6 Å². The summed E-state index contributed by atoms with van der Waals surface area (Å²) < 4.78 is 21.4. The molecule has 0 saturated carbocycles. The number of rotatable bonds is 4. The van der Waals surface area contributed by atoms with Gasteiger partial charge in [0, 0.05) is 28.8 Å². The largest absolute Gasteiger partial charge is 0.496 e. The molecule has 0 bridgehead atoms. The average molecular weight is 441 g/mol. The van der Waals surface area contributed by atoms with E-state index >= 15 is 0 Å². The molecule has 0 aliphatic carbocycles. The summed E-state index contributed by atoms with van der Waals surface area (Å²) in [6.45, 7) is 9.24. The Morgan fingerprint density at radius 3 is 2.52 bits per heavy atom. The molecule has 0 spiro atoms. The Kier molecular flexibility index (Phi) is 4.74. The molecule has 2 aliphatic heterocycles. The van der Waals surface area contributed by atoms with Crippen LogP contribution in [0.2, 0.25) is 0 Å². The van der Waals surface area contributed by atoms with Gasteiger partial charge in [-0.05, 0) is 39.8 Å². The van der Waals surface area contributed by atoms with Gasteiger partial charge in [0.15, 0.2) is 0 Å². The highest BCUT2D eigenvalue weighted by Gasteiger charge is 2.52. The zero-order chi connectivity index (χ0) is 22.0. The van der Waals surface area contributed by atoms with Crippen LogP contribution in [0, 0.1) is 0 Å². The van der Waals surface area contributed by atoms with Gasteiger partial charge in [0.05, 0.1) is 47.2 Å². The minimum absolute atomic E-state index is 0.0154. The second-order valence-electron chi connectivity index (χ2n) is 9.04. The van der Waals surface area contributed by atoms with E-state index in [1.165, 1.54) is 22.0 Å². The molecule has 0 atom stereocenters. The van der Waals surface area contributed by atoms with Gasteiger partial charge in [0.2, 0.25) is 0 Å². The van der Waals surface area contributed by atoms with Crippen molar-refractivity contribution in [2.45, 2.75) is 51.5 Å². The molecule has 3 aromatic heterocycles. The summed E-state index contributed by atoms with van der Waals surface area (Å²) in [6.07, 6.45) is 3.29. The van der Waals surface area contributed by atoms with Crippen LogP contribution >= 0.6 is 11.3 Å². The molecule has 2 fully saturated rings. The lowest BCUT2D eigenvalue weighted by molar-refractivity contribution is -0.0259. The number of nitrogens with zero attached hydrogens (tertiary/aromatic N) is 3. The number of fused-ring (bicyclic) bond motifs is 1. The van der Waals surface area contributed by atoms with E-state index < -0.39 is 18.3 Å². The standard InChI is InChI=1S/C21H24BN3O5S/c1-20(2)21(3,4)30-22(29-20)15-5-7-23-16-9-14(31-18(15)16)10-25-17(26)6-8-24(19(25)27)13-11-28-12-13/h5-9,13H,10-12H2,1-4H3. The van der Waals surface area contributed by atoms with Crippen LogP contribution in [0.4, 0.5) is 0 Å². The van der Waals surface area contributed by atoms with Gasteiger partial charge in [-0.2, -0.15) is 0 Å². The molecule has 8 nitrogen and oxygen atoms in total. The van der Waals surface area contributed by atoms with Crippen LogP contribution in [0.5, 0.6) is 0 Å². The van der Waals surface area contributed by atoms with Crippen molar-refractivity contribution in [1.82, 2.24) is 14.1 Å². The van der Waals surface area contributed by atoms with Crippen LogP contribution < -0.4 is 16.7 Å². The molecular weight excluding hydrogens is 417 g/mol. The number of pyridine rings is 1. The molecule has 2 aliphatic rings. The van der Waals surface area contributed by atoms with E-state index in [2.05, 4.69) is 4.98 Å². The molecule has 0 unspecified atom stereocenters. The molecule has 0 amide bonds. The lowest BCUT2D eigenvalue weighted by Gasteiger charge is -2.32. The van der Waals surface area contributed by atoms with Crippen molar-refractivity contribution in [2.75, 3.05) is 13.2 Å². The second kappa shape index (κ2) is 7.13. The zero-order valence-corrected chi connectivity index (χ0v) is 18.8. The van der Waals surface area contributed by atoms with Crippen LogP contribution in [0.25, 0.3) is 10.2 Å². The van der Waals surface area contributed by atoms with Gasteiger partial charge in [-0.3, -0.25) is 18.9 Å². The maximum Gasteiger partial charge on any atom is 0.496 e. The molecule has 10 heteroatoms. The van der Waals surface area contributed by atoms with Gasteiger partial charge in [0.1, 0.15) is 0 Å². The molecule has 3 aromatic rings. The van der Waals surface area contributed by atoms with E-state index in [4.69, 9.17) is 14.0 Å². The SMILES string of the molecule is CC1(C)OB(c2ccnc3cc(Cn4c(=O)ccn(C5COC5)c4=O)sc23)OC1(C)C. The third-order valence-electron chi connectivity index (χ3n) is 6.42. The highest BCUT2D eigenvalue weighted by atomic mass is 32.1. The predicted octanol–water partition coefficient (Wildman–Crippen LogP) is 1.54. The quantitative estimate of drug-likeness (QED) is 0.572. The summed E-state index contributed by atoms with van der Waals surface area (Å²) in [7, 11) is -0.503. The Morgan fingerprint density at radius 2 is 1.87 bits per heavy atom. The van der Waals surface area contributed by atoms with E-state index in [1.54, 1.807) is 17.0 Å². The van der Waals surface area contributed by atoms with Gasteiger partial charge in [-0.25, -0.2) is 4.79 Å². The van der Waals surface area contributed by atoms with Gasteiger partial charge >= 0.3 is 12.8 Å². The molecule has 5 heterocycles. The zero-order valence-electron chi connectivity index (χ0n) is 18.0. The Labute approximate surface area is 183 Å². The third-order valence-corrected chi connectivity index (χ3v) is 7.58. The van der Waals surface area contributed by atoms with Crippen molar-refractivity contribution in [3.8, 4) is 0 Å². The average Bonchev–Trinajstić information content (AvgIpc) is 3.16. The normalized spacial score (nSPS) is 20.3. The summed E-state index contributed by atoms with van der Waals surface area (Å²) in [5, 5.41) is 0. The first-order valence-corrected chi connectivity index (χ1v) is 11.1. The van der Waals surface area contributed by atoms with Crippen LogP contribution in [0.15, 0.2) is 40.2 Å². The third kappa shape index (κ3) is 3.38. The maximum absolute atomic E-state index is 12.9. The summed E-state index contributed by atoms with van der Waals surface area (Å²) in [5.41, 5.74) is 0.172. The van der Waals surface area contributed by atoms with Gasteiger partial charge in [-0.15, -0.1) is 11.3 Å². The monoisotopic (exact) mass is 441 g/mol. The summed E-state index contributed by atoms with van der Waals surface area (Å²) >= 11 is 1.50. The first kappa shape index (κ1) is 20.6. The minimum Gasteiger partial charge on any atom is -0.399 e. The Bertz CT molecular complexity index is 1260. The molecule has 31 heavy (non-hydrogen) atoms. The van der Waals surface area contributed by atoms with E-state index in [0.29, 0.717) is 13.2 Å². The smallest absolute Gasteiger partial charge is 0.399 e. The van der Waals surface area contributed by atoms with Crippen molar-refractivity contribution in [2.24, 2.45) is 0 Å². The summed E-state index contributed by atoms with van der Waals surface area (Å²) in [4.78, 5) is 30.7. The Morgan fingerprint density at radius 1 is 1.16 bits per heavy atom. The first-order valence-electron chi connectivity index (χ1n) is 10.3. The fourth-order valence-electron chi connectivity index (χ4n) is 3.74. The molecule has 0 N–H and O–H groups in total. The van der Waals surface area contributed by atoms with Gasteiger partial charge in [0.25, 0.3) is 5.56 Å². The first-order chi connectivity index (χ1) is 14.7. The second-order valence-corrected chi connectivity index (χ2v) is 10.2. The summed E-state index contributed by atoms with van der Waals surface area (Å²) in [5.74, 6) is 0. The van der Waals surface area contributed by atoms with Crippen molar-refractivity contribution in [3.63, 3.8) is 0 Å². The van der Waals surface area contributed by atoms with Crippen LogP contribution in [0.3, 0.4) is 0 Å². The molecule has 162 valence electrons. The lowest BCUT2D eigenvalue weighted by Crippen LogP contribution is -2.45. The number of aromatic nitrogens is 3. The summed E-state index contributed by atoms with van der Waals surface area (Å²) in [6, 6.07) is 5.24. The van der Waals surface area contributed by atoms with Gasteiger partial charge in [-0.1, -0.05) is 0 Å². The Balaban J connectivity index is 1.51. The van der Waals surface area contributed by atoms with Crippen LogP contribution in [0.1, 0.15) is 38.6 Å². The van der Waals surface area contributed by atoms with E-state index in [-0.39, 0.29) is 23.8 Å². The van der Waals surface area contributed by atoms with Crippen LogP contribution in [-0.4, -0.2) is 45.7 Å². The lowest BCUT2D eigenvalue weighted by atomic mass is 9.79. The molecule has 5 rings (SSSR count). The van der Waals surface area contributed by atoms with Crippen molar-refractivity contribution < 1.29 is 14.0 Å². The fraction of sp³-hybridized carbons (Fsp3) is 0.476. The molecule has 0 aromatic carbocycles. The number of ether oxygens (including phenoxy) is 1. The molecule has 0 radical (unpaired) electrons. The van der Waals surface area contributed by atoms with Crippen molar-refractivity contribution in [3.05, 3.63) is 56.3 Å². The highest BCUT2D eigenvalue weighted by Crippen LogP contribution is 2.37. The minimum atomic E-state index is -0.503. The van der Waals surface area contributed by atoms with E-state index in [9.17, 15) is 9.59 Å². The van der Waals surface area contributed by atoms with Gasteiger partial charge < -0.3 is 14.0 Å². The van der Waals surface area contributed by atoms with E-state index in [1.807, 2.05) is 39.8 Å². The van der Waals surface area contributed by atoms with E-state index in [0.717, 1.165) is 20.6 Å². The highest BCUT2D eigenvalue weighted by molar-refractivity contribution is 7.20. The number of hydrogen-bond donors (Lipinski definition) is 0.